The molecule has 0 unspecified atom stereocenters. The van der Waals surface area contributed by atoms with Crippen LogP contribution in [-0.2, 0) is 4.74 Å². The molecule has 0 saturated heterocycles. The minimum atomic E-state index is -0.658. The molecular weight excluding hydrogens is 134 g/mol. The van der Waals surface area contributed by atoms with Crippen LogP contribution in [0.5, 0.6) is 0 Å². The summed E-state index contributed by atoms with van der Waals surface area (Å²) >= 11 is 0. The lowest BCUT2D eigenvalue weighted by Crippen LogP contribution is -2.41. The van der Waals surface area contributed by atoms with Crippen LogP contribution in [-0.4, -0.2) is 43.7 Å². The molecule has 0 spiro atoms. The highest BCUT2D eigenvalue weighted by Crippen LogP contribution is 2.12. The number of nitrogens with two attached hydrogens (primary N) is 1. The molecule has 0 rings (SSSR count). The minimum absolute atomic E-state index is 0.145. The average molecular weight is 149 g/mol. The molecule has 0 aliphatic carbocycles. The first kappa shape index (κ1) is 9.84. The largest absolute Gasteiger partial charge is 0.396 e. The van der Waals surface area contributed by atoms with Crippen LogP contribution in [0.25, 0.3) is 0 Å². The van der Waals surface area contributed by atoms with E-state index in [9.17, 15) is 0 Å². The van der Waals surface area contributed by atoms with Crippen LogP contribution >= 0.6 is 0 Å². The molecular formula is C6H15NO3. The molecule has 4 nitrogen and oxygen atoms in total. The number of rotatable bonds is 5. The number of hydrogen-bond donors (Lipinski definition) is 3. The fourth-order valence-corrected chi connectivity index (χ4v) is 0.635. The van der Waals surface area contributed by atoms with Crippen molar-refractivity contribution in [3.05, 3.63) is 0 Å². The molecule has 0 aromatic rings. The van der Waals surface area contributed by atoms with Gasteiger partial charge in [-0.1, -0.05) is 0 Å². The van der Waals surface area contributed by atoms with E-state index < -0.39 is 5.41 Å². The van der Waals surface area contributed by atoms with Crippen molar-refractivity contribution in [2.45, 2.75) is 0 Å². The van der Waals surface area contributed by atoms with Crippen molar-refractivity contribution in [1.82, 2.24) is 0 Å². The third kappa shape index (κ3) is 2.22. The van der Waals surface area contributed by atoms with Gasteiger partial charge in [0.25, 0.3) is 0 Å². The Morgan fingerprint density at radius 1 is 1.40 bits per heavy atom. The zero-order valence-corrected chi connectivity index (χ0v) is 6.21. The van der Waals surface area contributed by atoms with Gasteiger partial charge in [-0.05, 0) is 0 Å². The molecule has 0 bridgehead atoms. The number of aliphatic hydroxyl groups excluding tert-OH is 2. The lowest BCUT2D eigenvalue weighted by molar-refractivity contribution is -0.00510. The van der Waals surface area contributed by atoms with E-state index in [4.69, 9.17) is 20.7 Å². The summed E-state index contributed by atoms with van der Waals surface area (Å²) < 4.78 is 4.78. The Balaban J connectivity index is 3.87. The lowest BCUT2D eigenvalue weighted by Gasteiger charge is -2.26. The van der Waals surface area contributed by atoms with Crippen LogP contribution in [0.3, 0.4) is 0 Å². The standard InChI is InChI=1S/C6H15NO3/c1-10-5-6(2-7,3-8)4-9/h8-9H,2-5,7H2,1H3. The minimum Gasteiger partial charge on any atom is -0.396 e. The molecule has 0 heterocycles. The van der Waals surface area contributed by atoms with Gasteiger partial charge in [-0.3, -0.25) is 0 Å². The van der Waals surface area contributed by atoms with E-state index in [1.165, 1.54) is 7.11 Å². The van der Waals surface area contributed by atoms with Gasteiger partial charge in [0.1, 0.15) is 0 Å². The van der Waals surface area contributed by atoms with Gasteiger partial charge in [-0.25, -0.2) is 0 Å². The first-order valence-corrected chi connectivity index (χ1v) is 3.15. The van der Waals surface area contributed by atoms with E-state index in [0.717, 1.165) is 0 Å². The summed E-state index contributed by atoms with van der Waals surface area (Å²) in [5, 5.41) is 17.6. The summed E-state index contributed by atoms with van der Waals surface area (Å²) in [4.78, 5) is 0. The highest BCUT2D eigenvalue weighted by atomic mass is 16.5. The van der Waals surface area contributed by atoms with E-state index >= 15 is 0 Å². The van der Waals surface area contributed by atoms with Crippen LogP contribution in [0.2, 0.25) is 0 Å². The summed E-state index contributed by atoms with van der Waals surface area (Å²) in [6.45, 7) is 0.228. The molecule has 4 N–H and O–H groups in total. The van der Waals surface area contributed by atoms with Crippen molar-refractivity contribution in [3.63, 3.8) is 0 Å². The number of ether oxygens (including phenoxy) is 1. The molecule has 4 heteroatoms. The third-order valence-electron chi connectivity index (χ3n) is 1.55. The number of methoxy groups -OCH3 is 1. The van der Waals surface area contributed by atoms with E-state index in [-0.39, 0.29) is 26.4 Å². The van der Waals surface area contributed by atoms with Gasteiger partial charge >= 0.3 is 0 Å². The van der Waals surface area contributed by atoms with Gasteiger partial charge in [0, 0.05) is 13.7 Å². The van der Waals surface area contributed by atoms with Crippen molar-refractivity contribution < 1.29 is 14.9 Å². The van der Waals surface area contributed by atoms with Crippen molar-refractivity contribution in [2.75, 3.05) is 33.5 Å². The second-order valence-corrected chi connectivity index (χ2v) is 2.45. The smallest absolute Gasteiger partial charge is 0.0575 e. The van der Waals surface area contributed by atoms with Crippen LogP contribution in [0.15, 0.2) is 0 Å². The maximum absolute atomic E-state index is 8.79. The normalized spacial score (nSPS) is 12.0. The van der Waals surface area contributed by atoms with E-state index in [2.05, 4.69) is 0 Å². The van der Waals surface area contributed by atoms with Crippen molar-refractivity contribution in [2.24, 2.45) is 11.1 Å². The Kier molecular flexibility index (Phi) is 4.55. The quantitative estimate of drug-likeness (QED) is 0.447. The first-order chi connectivity index (χ1) is 4.74. The molecule has 0 aliphatic heterocycles. The van der Waals surface area contributed by atoms with Crippen molar-refractivity contribution in [1.29, 1.82) is 0 Å². The fourth-order valence-electron chi connectivity index (χ4n) is 0.635. The van der Waals surface area contributed by atoms with Crippen LogP contribution in [0.4, 0.5) is 0 Å². The van der Waals surface area contributed by atoms with Crippen LogP contribution in [0, 0.1) is 5.41 Å². The topological polar surface area (TPSA) is 75.7 Å². The van der Waals surface area contributed by atoms with Gasteiger partial charge in [-0.15, -0.1) is 0 Å². The maximum atomic E-state index is 8.79. The predicted molar refractivity (Wildman–Crippen MR) is 37.5 cm³/mol. The van der Waals surface area contributed by atoms with Gasteiger partial charge in [0.2, 0.25) is 0 Å². The first-order valence-electron chi connectivity index (χ1n) is 3.15. The maximum Gasteiger partial charge on any atom is 0.0575 e. The van der Waals surface area contributed by atoms with E-state index in [0.29, 0.717) is 0 Å². The molecule has 0 fully saturated rings. The van der Waals surface area contributed by atoms with Crippen LogP contribution < -0.4 is 5.73 Å². The zero-order chi connectivity index (χ0) is 8.04. The second-order valence-electron chi connectivity index (χ2n) is 2.45. The van der Waals surface area contributed by atoms with Crippen molar-refractivity contribution >= 4 is 0 Å². The molecule has 62 valence electrons. The Hall–Kier alpha value is -0.160. The predicted octanol–water partition coefficient (Wildman–Crippen LogP) is -1.44. The Morgan fingerprint density at radius 2 is 1.90 bits per heavy atom. The van der Waals surface area contributed by atoms with Gasteiger partial charge in [0.05, 0.1) is 25.2 Å². The molecule has 0 saturated carbocycles. The summed E-state index contributed by atoms with van der Waals surface area (Å²) in [6, 6.07) is 0. The summed E-state index contributed by atoms with van der Waals surface area (Å²) in [5.41, 5.74) is 4.66. The monoisotopic (exact) mass is 149 g/mol. The summed E-state index contributed by atoms with van der Waals surface area (Å²) in [5.74, 6) is 0. The summed E-state index contributed by atoms with van der Waals surface area (Å²) in [7, 11) is 1.51. The molecule has 10 heavy (non-hydrogen) atoms. The van der Waals surface area contributed by atoms with Gasteiger partial charge in [0.15, 0.2) is 0 Å². The van der Waals surface area contributed by atoms with E-state index in [1.54, 1.807) is 0 Å². The average Bonchev–Trinajstić information content (AvgIpc) is 2.01. The molecule has 0 aliphatic rings. The number of hydrogen-bond acceptors (Lipinski definition) is 4. The Bertz CT molecular complexity index is 74.8. The van der Waals surface area contributed by atoms with E-state index in [1.807, 2.05) is 0 Å². The van der Waals surface area contributed by atoms with Gasteiger partial charge < -0.3 is 20.7 Å². The molecule has 0 amide bonds. The van der Waals surface area contributed by atoms with Crippen molar-refractivity contribution in [3.8, 4) is 0 Å². The van der Waals surface area contributed by atoms with Gasteiger partial charge in [-0.2, -0.15) is 0 Å². The molecule has 0 atom stereocenters. The Morgan fingerprint density at radius 3 is 2.00 bits per heavy atom. The lowest BCUT2D eigenvalue weighted by atomic mass is 9.92. The highest BCUT2D eigenvalue weighted by molar-refractivity contribution is 4.77. The zero-order valence-electron chi connectivity index (χ0n) is 6.21. The summed E-state index contributed by atoms with van der Waals surface area (Å²) in [6.07, 6.45) is 0. The second kappa shape index (κ2) is 4.62. The third-order valence-corrected chi connectivity index (χ3v) is 1.55. The SMILES string of the molecule is COCC(CN)(CO)CO. The Labute approximate surface area is 60.6 Å². The molecule has 0 aromatic heterocycles. The molecule has 0 aromatic carbocycles. The number of aliphatic hydroxyl groups is 2. The van der Waals surface area contributed by atoms with Crippen LogP contribution in [0.1, 0.15) is 0 Å². The highest BCUT2D eigenvalue weighted by Gasteiger charge is 2.26. The molecule has 0 radical (unpaired) electrons. The fraction of sp³-hybridized carbons (Fsp3) is 1.00.